The molecule has 0 amide bonds. The number of aryl methyl sites for hydroxylation is 1. The summed E-state index contributed by atoms with van der Waals surface area (Å²) in [6.07, 6.45) is 3.31. The molecular formula is C14H10Cl2N4. The van der Waals surface area contributed by atoms with Crippen LogP contribution in [0, 0.1) is 6.92 Å². The molecule has 0 aliphatic heterocycles. The van der Waals surface area contributed by atoms with Crippen molar-refractivity contribution in [2.45, 2.75) is 6.92 Å². The molecule has 0 fully saturated rings. The summed E-state index contributed by atoms with van der Waals surface area (Å²) in [4.78, 5) is 15.6. The van der Waals surface area contributed by atoms with Gasteiger partial charge in [-0.25, -0.2) is 15.0 Å². The van der Waals surface area contributed by atoms with Crippen molar-refractivity contribution in [3.63, 3.8) is 0 Å². The number of nitrogens with zero attached hydrogens (tertiary/aromatic N) is 3. The molecule has 0 aliphatic rings. The molecule has 0 spiro atoms. The average molecular weight is 305 g/mol. The van der Waals surface area contributed by atoms with E-state index in [4.69, 9.17) is 23.2 Å². The van der Waals surface area contributed by atoms with Gasteiger partial charge in [-0.1, -0.05) is 47.5 Å². The van der Waals surface area contributed by atoms with E-state index in [0.717, 1.165) is 11.1 Å². The fourth-order valence-electron chi connectivity index (χ4n) is 1.98. The Labute approximate surface area is 125 Å². The van der Waals surface area contributed by atoms with Crippen molar-refractivity contribution >= 4 is 23.2 Å². The zero-order valence-corrected chi connectivity index (χ0v) is 12.1. The molecule has 0 aliphatic carbocycles. The van der Waals surface area contributed by atoms with Crippen LogP contribution in [-0.4, -0.2) is 19.9 Å². The number of hydrogen-bond acceptors (Lipinski definition) is 3. The summed E-state index contributed by atoms with van der Waals surface area (Å²) in [6, 6.07) is 7.81. The number of benzene rings is 1. The van der Waals surface area contributed by atoms with Crippen molar-refractivity contribution in [3.05, 3.63) is 52.5 Å². The van der Waals surface area contributed by atoms with E-state index in [9.17, 15) is 0 Å². The highest BCUT2D eigenvalue weighted by molar-refractivity contribution is 6.37. The van der Waals surface area contributed by atoms with Gasteiger partial charge in [0.25, 0.3) is 0 Å². The molecule has 100 valence electrons. The molecule has 1 N–H and O–H groups in total. The van der Waals surface area contributed by atoms with Crippen LogP contribution in [0.2, 0.25) is 10.3 Å². The number of nitrogens with one attached hydrogen (secondary N) is 1. The van der Waals surface area contributed by atoms with Gasteiger partial charge in [0.1, 0.15) is 10.3 Å². The summed E-state index contributed by atoms with van der Waals surface area (Å²) in [7, 11) is 0. The maximum atomic E-state index is 6.28. The van der Waals surface area contributed by atoms with E-state index in [0.29, 0.717) is 27.5 Å². The van der Waals surface area contributed by atoms with Crippen LogP contribution in [0.15, 0.2) is 36.7 Å². The van der Waals surface area contributed by atoms with Crippen LogP contribution in [0.25, 0.3) is 22.8 Å². The molecule has 0 bridgehead atoms. The molecule has 3 aromatic rings. The summed E-state index contributed by atoms with van der Waals surface area (Å²) in [5.74, 6) is 0.910. The minimum Gasteiger partial charge on any atom is -0.342 e. The van der Waals surface area contributed by atoms with Gasteiger partial charge >= 0.3 is 0 Å². The van der Waals surface area contributed by atoms with Crippen LogP contribution in [0.5, 0.6) is 0 Å². The van der Waals surface area contributed by atoms with Gasteiger partial charge in [0.05, 0.1) is 5.56 Å². The number of hydrogen-bond donors (Lipinski definition) is 1. The van der Waals surface area contributed by atoms with Crippen molar-refractivity contribution in [3.8, 4) is 22.8 Å². The fourth-order valence-corrected chi connectivity index (χ4v) is 2.57. The second-order valence-corrected chi connectivity index (χ2v) is 4.97. The average Bonchev–Trinajstić information content (AvgIpc) is 2.94. The molecule has 4 nitrogen and oxygen atoms in total. The molecule has 0 saturated heterocycles. The lowest BCUT2D eigenvalue weighted by atomic mass is 10.0. The largest absolute Gasteiger partial charge is 0.342 e. The van der Waals surface area contributed by atoms with Crippen LogP contribution in [0.1, 0.15) is 5.56 Å². The molecule has 0 atom stereocenters. The lowest BCUT2D eigenvalue weighted by Gasteiger charge is -2.10. The number of aromatic amines is 1. The molecule has 1 aromatic carbocycles. The number of halogens is 2. The lowest BCUT2D eigenvalue weighted by molar-refractivity contribution is 1.12. The van der Waals surface area contributed by atoms with E-state index in [1.807, 2.05) is 31.2 Å². The minimum atomic E-state index is 0.311. The molecule has 20 heavy (non-hydrogen) atoms. The standard InChI is InChI=1S/C14H10Cl2N4/c1-8-4-2-3-5-9(8)10-11(15)19-14(20-12(10)16)13-17-6-7-18-13/h2-7H,1H3,(H,17,18). The van der Waals surface area contributed by atoms with E-state index >= 15 is 0 Å². The van der Waals surface area contributed by atoms with Crippen LogP contribution < -0.4 is 0 Å². The molecule has 6 heteroatoms. The van der Waals surface area contributed by atoms with E-state index in [1.165, 1.54) is 0 Å². The summed E-state index contributed by atoms with van der Waals surface area (Å²) < 4.78 is 0. The van der Waals surface area contributed by atoms with Gasteiger partial charge in [-0.2, -0.15) is 0 Å². The first-order chi connectivity index (χ1) is 9.66. The van der Waals surface area contributed by atoms with E-state index in [2.05, 4.69) is 19.9 Å². The van der Waals surface area contributed by atoms with Crippen LogP contribution in [0.4, 0.5) is 0 Å². The smallest absolute Gasteiger partial charge is 0.198 e. The Balaban J connectivity index is 2.17. The zero-order chi connectivity index (χ0) is 14.1. The summed E-state index contributed by atoms with van der Waals surface area (Å²) in [5.41, 5.74) is 2.63. The molecule has 0 unspecified atom stereocenters. The third-order valence-corrected chi connectivity index (χ3v) is 3.49. The Hall–Kier alpha value is -1.91. The minimum absolute atomic E-state index is 0.311. The highest BCUT2D eigenvalue weighted by Gasteiger charge is 2.16. The first-order valence-electron chi connectivity index (χ1n) is 5.95. The molecule has 2 heterocycles. The van der Waals surface area contributed by atoms with E-state index in [1.54, 1.807) is 12.4 Å². The van der Waals surface area contributed by atoms with Gasteiger partial charge in [-0.15, -0.1) is 0 Å². The maximum absolute atomic E-state index is 6.28. The third kappa shape index (κ3) is 2.28. The number of H-pyrrole nitrogens is 1. The molecule has 0 radical (unpaired) electrons. The van der Waals surface area contributed by atoms with Crippen LogP contribution >= 0.6 is 23.2 Å². The van der Waals surface area contributed by atoms with Crippen molar-refractivity contribution in [1.29, 1.82) is 0 Å². The van der Waals surface area contributed by atoms with Gasteiger partial charge in [0.2, 0.25) is 0 Å². The van der Waals surface area contributed by atoms with Crippen molar-refractivity contribution in [2.75, 3.05) is 0 Å². The lowest BCUT2D eigenvalue weighted by Crippen LogP contribution is -1.96. The van der Waals surface area contributed by atoms with Crippen LogP contribution in [0.3, 0.4) is 0 Å². The first kappa shape index (κ1) is 13.1. The third-order valence-electron chi connectivity index (χ3n) is 2.95. The monoisotopic (exact) mass is 304 g/mol. The molecule has 3 rings (SSSR count). The second kappa shape index (κ2) is 5.23. The van der Waals surface area contributed by atoms with Gasteiger partial charge in [-0.3, -0.25) is 0 Å². The summed E-state index contributed by atoms with van der Waals surface area (Å²) in [6.45, 7) is 1.99. The summed E-state index contributed by atoms with van der Waals surface area (Å²) in [5, 5.41) is 0.622. The Morgan fingerprint density at radius 3 is 2.35 bits per heavy atom. The van der Waals surface area contributed by atoms with Crippen LogP contribution in [-0.2, 0) is 0 Å². The molecule has 0 saturated carbocycles. The Bertz CT molecular complexity index is 731. The maximum Gasteiger partial charge on any atom is 0.198 e. The van der Waals surface area contributed by atoms with Crippen molar-refractivity contribution in [2.24, 2.45) is 0 Å². The number of aromatic nitrogens is 4. The normalized spacial score (nSPS) is 10.8. The van der Waals surface area contributed by atoms with Gasteiger partial charge in [-0.05, 0) is 18.1 Å². The summed E-state index contributed by atoms with van der Waals surface area (Å²) >= 11 is 12.6. The van der Waals surface area contributed by atoms with Gasteiger partial charge in [0, 0.05) is 12.4 Å². The van der Waals surface area contributed by atoms with Crippen molar-refractivity contribution < 1.29 is 0 Å². The predicted octanol–water partition coefficient (Wildman–Crippen LogP) is 4.15. The highest BCUT2D eigenvalue weighted by atomic mass is 35.5. The Kier molecular flexibility index (Phi) is 3.42. The highest BCUT2D eigenvalue weighted by Crippen LogP contribution is 2.35. The fraction of sp³-hybridized carbons (Fsp3) is 0.0714. The second-order valence-electron chi connectivity index (χ2n) is 4.26. The van der Waals surface area contributed by atoms with E-state index in [-0.39, 0.29) is 0 Å². The number of rotatable bonds is 2. The topological polar surface area (TPSA) is 54.5 Å². The predicted molar refractivity (Wildman–Crippen MR) is 79.8 cm³/mol. The first-order valence-corrected chi connectivity index (χ1v) is 6.71. The zero-order valence-electron chi connectivity index (χ0n) is 10.6. The number of imidazole rings is 1. The van der Waals surface area contributed by atoms with Gasteiger partial charge in [0.15, 0.2) is 11.6 Å². The molecular weight excluding hydrogens is 295 g/mol. The van der Waals surface area contributed by atoms with Crippen molar-refractivity contribution in [1.82, 2.24) is 19.9 Å². The quantitative estimate of drug-likeness (QED) is 0.724. The van der Waals surface area contributed by atoms with Gasteiger partial charge < -0.3 is 4.98 Å². The molecule has 2 aromatic heterocycles. The Morgan fingerprint density at radius 1 is 1.05 bits per heavy atom. The Morgan fingerprint density at radius 2 is 1.75 bits per heavy atom. The van der Waals surface area contributed by atoms with E-state index < -0.39 is 0 Å². The SMILES string of the molecule is Cc1ccccc1-c1c(Cl)nc(-c2ncc[nH]2)nc1Cl.